The Kier molecular flexibility index (Phi) is 4.39. The molecule has 0 saturated heterocycles. The lowest BCUT2D eigenvalue weighted by Gasteiger charge is -2.19. The van der Waals surface area contributed by atoms with E-state index in [0.29, 0.717) is 17.3 Å². The van der Waals surface area contributed by atoms with Crippen LogP contribution < -0.4 is 16.6 Å². The molecule has 0 aliphatic rings. The van der Waals surface area contributed by atoms with Crippen molar-refractivity contribution in [3.05, 3.63) is 23.5 Å². The molecule has 0 aromatic carbocycles. The van der Waals surface area contributed by atoms with Crippen molar-refractivity contribution in [2.45, 2.75) is 40.2 Å². The highest BCUT2D eigenvalue weighted by Crippen LogP contribution is 2.18. The fraction of sp³-hybridized carbons (Fsp3) is 0.429. The average molecular weight is 319 g/mol. The van der Waals surface area contributed by atoms with Gasteiger partial charge in [-0.3, -0.25) is 5.43 Å². The van der Waals surface area contributed by atoms with Gasteiger partial charge in [0, 0.05) is 0 Å². The molecule has 0 fully saturated rings. The third-order valence-electron chi connectivity index (χ3n) is 2.91. The van der Waals surface area contributed by atoms with Gasteiger partial charge in [0.05, 0.1) is 17.1 Å². The third-order valence-corrected chi connectivity index (χ3v) is 2.91. The summed E-state index contributed by atoms with van der Waals surface area (Å²) < 4.78 is 6.71. The van der Waals surface area contributed by atoms with Gasteiger partial charge in [0.2, 0.25) is 0 Å². The maximum atomic E-state index is 11.5. The highest BCUT2D eigenvalue weighted by molar-refractivity contribution is 5.69. The summed E-state index contributed by atoms with van der Waals surface area (Å²) in [7, 11) is 0. The minimum absolute atomic E-state index is 0.370. The number of rotatable bonds is 3. The number of nitrogens with one attached hydrogen (secondary N) is 2. The number of amides is 1. The third kappa shape index (κ3) is 4.09. The Bertz CT molecular complexity index is 701. The van der Waals surface area contributed by atoms with Crippen molar-refractivity contribution in [2.75, 3.05) is 11.2 Å². The van der Waals surface area contributed by atoms with Gasteiger partial charge in [-0.15, -0.1) is 10.2 Å². The summed E-state index contributed by atoms with van der Waals surface area (Å²) in [5.74, 6) is 0.902. The number of ether oxygens (including phenoxy) is 1. The number of hydrogen-bond acceptors (Lipinski definition) is 7. The molecule has 0 radical (unpaired) electrons. The smallest absolute Gasteiger partial charge is 0.426 e. The SMILES string of the molecule is Cc1nn(-c2ccc(NNC(=O)OC(C)(C)C)nn2)c(C)c1N. The molecule has 23 heavy (non-hydrogen) atoms. The fourth-order valence-electron chi connectivity index (χ4n) is 1.80. The molecule has 2 rings (SSSR count). The highest BCUT2D eigenvalue weighted by atomic mass is 16.6. The Balaban J connectivity index is 2.02. The maximum Gasteiger partial charge on any atom is 0.426 e. The van der Waals surface area contributed by atoms with E-state index in [9.17, 15) is 4.79 Å². The van der Waals surface area contributed by atoms with Gasteiger partial charge >= 0.3 is 6.09 Å². The van der Waals surface area contributed by atoms with Crippen LogP contribution >= 0.6 is 0 Å². The second-order valence-corrected chi connectivity index (χ2v) is 6.02. The van der Waals surface area contributed by atoms with Crippen LogP contribution in [-0.2, 0) is 4.74 Å². The predicted molar refractivity (Wildman–Crippen MR) is 86.0 cm³/mol. The molecule has 0 aliphatic heterocycles. The topological polar surface area (TPSA) is 120 Å². The molecule has 4 N–H and O–H groups in total. The number of hydrogen-bond donors (Lipinski definition) is 3. The van der Waals surface area contributed by atoms with E-state index in [1.807, 2.05) is 13.8 Å². The van der Waals surface area contributed by atoms with Crippen LogP contribution in [0, 0.1) is 13.8 Å². The van der Waals surface area contributed by atoms with Gasteiger partial charge in [0.15, 0.2) is 11.6 Å². The first-order valence-corrected chi connectivity index (χ1v) is 7.08. The van der Waals surface area contributed by atoms with Crippen molar-refractivity contribution < 1.29 is 9.53 Å². The number of aryl methyl sites for hydroxylation is 1. The number of nitrogens with two attached hydrogens (primary N) is 1. The molecule has 0 aliphatic carbocycles. The number of anilines is 2. The first kappa shape index (κ1) is 16.5. The number of aromatic nitrogens is 4. The Hall–Kier alpha value is -2.84. The van der Waals surface area contributed by atoms with Crippen LogP contribution in [0.1, 0.15) is 32.2 Å². The van der Waals surface area contributed by atoms with E-state index in [0.717, 1.165) is 11.4 Å². The number of nitrogen functional groups attached to an aromatic ring is 1. The standard InChI is InChI=1S/C14H21N7O2/c1-8-12(15)9(2)21(20-8)11-7-6-10(16-18-11)17-19-13(22)23-14(3,4)5/h6-7H,15H2,1-5H3,(H,16,17)(H,19,22). The second-order valence-electron chi connectivity index (χ2n) is 6.02. The molecule has 2 heterocycles. The molecular weight excluding hydrogens is 298 g/mol. The Morgan fingerprint density at radius 1 is 1.26 bits per heavy atom. The summed E-state index contributed by atoms with van der Waals surface area (Å²) >= 11 is 0. The number of carbonyl (C=O) groups is 1. The van der Waals surface area contributed by atoms with Crippen LogP contribution in [0.2, 0.25) is 0 Å². The van der Waals surface area contributed by atoms with Crippen LogP contribution in [0.4, 0.5) is 16.3 Å². The van der Waals surface area contributed by atoms with Crippen LogP contribution in [0.3, 0.4) is 0 Å². The maximum absolute atomic E-state index is 11.5. The Morgan fingerprint density at radius 3 is 2.43 bits per heavy atom. The first-order valence-electron chi connectivity index (χ1n) is 7.08. The van der Waals surface area contributed by atoms with Gasteiger partial charge in [-0.2, -0.15) is 5.10 Å². The molecule has 1 amide bonds. The van der Waals surface area contributed by atoms with Crippen LogP contribution in [0.25, 0.3) is 5.82 Å². The predicted octanol–water partition coefficient (Wildman–Crippen LogP) is 1.71. The van der Waals surface area contributed by atoms with Gasteiger partial charge in [-0.25, -0.2) is 14.9 Å². The lowest BCUT2D eigenvalue weighted by atomic mass is 10.2. The quantitative estimate of drug-likeness (QED) is 0.736. The molecule has 0 bridgehead atoms. The van der Waals surface area contributed by atoms with E-state index >= 15 is 0 Å². The number of carbonyl (C=O) groups excluding carboxylic acids is 1. The van der Waals surface area contributed by atoms with Gasteiger partial charge in [-0.1, -0.05) is 0 Å². The van der Waals surface area contributed by atoms with Crippen molar-refractivity contribution in [3.8, 4) is 5.82 Å². The van der Waals surface area contributed by atoms with Crippen molar-refractivity contribution in [1.29, 1.82) is 0 Å². The van der Waals surface area contributed by atoms with Crippen molar-refractivity contribution in [3.63, 3.8) is 0 Å². The lowest BCUT2D eigenvalue weighted by molar-refractivity contribution is 0.0541. The zero-order valence-corrected chi connectivity index (χ0v) is 13.8. The normalized spacial score (nSPS) is 11.2. The Morgan fingerprint density at radius 2 is 1.96 bits per heavy atom. The molecule has 2 aromatic rings. The summed E-state index contributed by atoms with van der Waals surface area (Å²) in [5, 5.41) is 12.3. The van der Waals surface area contributed by atoms with Crippen molar-refractivity contribution >= 4 is 17.6 Å². The van der Waals surface area contributed by atoms with E-state index in [1.165, 1.54) is 0 Å². The fourth-order valence-corrected chi connectivity index (χ4v) is 1.80. The summed E-state index contributed by atoms with van der Waals surface area (Å²) in [6, 6.07) is 3.37. The lowest BCUT2D eigenvalue weighted by Crippen LogP contribution is -2.36. The van der Waals surface area contributed by atoms with E-state index in [1.54, 1.807) is 37.6 Å². The first-order chi connectivity index (χ1) is 10.7. The summed E-state index contributed by atoms with van der Waals surface area (Å²) in [5.41, 5.74) is 12.5. The second kappa shape index (κ2) is 6.11. The van der Waals surface area contributed by atoms with Crippen LogP contribution in [0.5, 0.6) is 0 Å². The molecule has 124 valence electrons. The van der Waals surface area contributed by atoms with Crippen molar-refractivity contribution in [1.82, 2.24) is 25.4 Å². The molecule has 0 spiro atoms. The molecule has 9 nitrogen and oxygen atoms in total. The van der Waals surface area contributed by atoms with E-state index in [2.05, 4.69) is 26.1 Å². The van der Waals surface area contributed by atoms with Gasteiger partial charge in [-0.05, 0) is 46.8 Å². The number of hydrazine groups is 1. The van der Waals surface area contributed by atoms with Gasteiger partial charge in [0.1, 0.15) is 5.60 Å². The number of nitrogens with zero attached hydrogens (tertiary/aromatic N) is 4. The average Bonchev–Trinajstić information content (AvgIpc) is 2.72. The minimum atomic E-state index is -0.602. The van der Waals surface area contributed by atoms with E-state index in [-0.39, 0.29) is 0 Å². The van der Waals surface area contributed by atoms with E-state index < -0.39 is 11.7 Å². The Labute approximate surface area is 134 Å². The minimum Gasteiger partial charge on any atom is -0.443 e. The highest BCUT2D eigenvalue weighted by Gasteiger charge is 2.16. The molecular formula is C14H21N7O2. The zero-order chi connectivity index (χ0) is 17.2. The zero-order valence-electron chi connectivity index (χ0n) is 13.8. The summed E-state index contributed by atoms with van der Waals surface area (Å²) in [4.78, 5) is 11.5. The van der Waals surface area contributed by atoms with Gasteiger partial charge < -0.3 is 10.5 Å². The largest absolute Gasteiger partial charge is 0.443 e. The van der Waals surface area contributed by atoms with Gasteiger partial charge in [0.25, 0.3) is 0 Å². The van der Waals surface area contributed by atoms with E-state index in [4.69, 9.17) is 10.5 Å². The summed E-state index contributed by atoms with van der Waals surface area (Å²) in [6.45, 7) is 9.02. The molecule has 0 unspecified atom stereocenters. The summed E-state index contributed by atoms with van der Waals surface area (Å²) in [6.07, 6.45) is -0.602. The molecule has 2 aromatic heterocycles. The van der Waals surface area contributed by atoms with Crippen LogP contribution in [0.15, 0.2) is 12.1 Å². The van der Waals surface area contributed by atoms with Crippen LogP contribution in [-0.4, -0.2) is 31.7 Å². The van der Waals surface area contributed by atoms with Crippen molar-refractivity contribution in [2.24, 2.45) is 0 Å². The monoisotopic (exact) mass is 319 g/mol. The molecule has 0 atom stereocenters. The molecule has 9 heteroatoms. The molecule has 0 saturated carbocycles.